The zero-order valence-electron chi connectivity index (χ0n) is 28.4. The molecular weight excluding hydrogens is 601 g/mol. The van der Waals surface area contributed by atoms with Gasteiger partial charge in [0.15, 0.2) is 5.78 Å². The first-order valence-electron chi connectivity index (χ1n) is 17.0. The van der Waals surface area contributed by atoms with Crippen LogP contribution in [0.3, 0.4) is 0 Å². The molecule has 0 aromatic heterocycles. The topological polar surface area (TPSA) is 60.4 Å². The first-order chi connectivity index (χ1) is 22.6. The zero-order valence-corrected chi connectivity index (χ0v) is 29.2. The maximum absolute atomic E-state index is 13.9. The molecule has 0 atom stereocenters. The highest BCUT2D eigenvalue weighted by atomic mass is 32.2. The summed E-state index contributed by atoms with van der Waals surface area (Å²) in [7, 11) is 0. The van der Waals surface area contributed by atoms with Crippen LogP contribution in [0.2, 0.25) is 0 Å². The molecule has 1 aliphatic rings. The fourth-order valence-electron chi connectivity index (χ4n) is 6.41. The van der Waals surface area contributed by atoms with Gasteiger partial charge in [0.2, 0.25) is 0 Å². The van der Waals surface area contributed by atoms with Gasteiger partial charge in [0.05, 0.1) is 6.61 Å². The summed E-state index contributed by atoms with van der Waals surface area (Å²) in [6.45, 7) is 10.7. The monoisotopic (exact) mass is 646 g/mol. The molecule has 0 fully saturated rings. The maximum Gasteiger partial charge on any atom is 0.379 e. The van der Waals surface area contributed by atoms with E-state index in [9.17, 15) is 14.4 Å². The zero-order chi connectivity index (χ0) is 33.6. The standard InChI is InChI=1S/C42H46O4S/c1-6-9-24-42(25-10-7-2)36-26-30(38(43)29-16-20-33(21-17-29)47-32-14-12-11-13-15-32)18-22-34(36)35-23-19-31(27-37(35)42)39(44)40(45)46-28-41(4,5)8-3/h11-23,26-27H,6-10,24-25,28H2,1-5H3. The average molecular weight is 647 g/mol. The van der Waals surface area contributed by atoms with Crippen molar-refractivity contribution in [3.63, 3.8) is 0 Å². The molecule has 0 unspecified atom stereocenters. The summed E-state index contributed by atoms with van der Waals surface area (Å²) in [5, 5.41) is 0. The number of carbonyl (C=O) groups excluding carboxylic acids is 3. The third-order valence-electron chi connectivity index (χ3n) is 9.63. The van der Waals surface area contributed by atoms with Gasteiger partial charge in [-0.1, -0.05) is 115 Å². The smallest absolute Gasteiger partial charge is 0.379 e. The second-order valence-electron chi connectivity index (χ2n) is 13.5. The van der Waals surface area contributed by atoms with Gasteiger partial charge in [-0.05, 0) is 95.5 Å². The minimum Gasteiger partial charge on any atom is -0.459 e. The second-order valence-corrected chi connectivity index (χ2v) is 14.6. The minimum atomic E-state index is -0.809. The number of unbranched alkanes of at least 4 members (excludes halogenated alkanes) is 2. The predicted molar refractivity (Wildman–Crippen MR) is 192 cm³/mol. The van der Waals surface area contributed by atoms with Crippen molar-refractivity contribution in [3.05, 3.63) is 119 Å². The highest BCUT2D eigenvalue weighted by Crippen LogP contribution is 2.54. The van der Waals surface area contributed by atoms with Crippen LogP contribution in [0.5, 0.6) is 0 Å². The van der Waals surface area contributed by atoms with Crippen molar-refractivity contribution in [2.24, 2.45) is 5.41 Å². The van der Waals surface area contributed by atoms with Gasteiger partial charge in [0.25, 0.3) is 5.78 Å². The number of ketones is 2. The van der Waals surface area contributed by atoms with Crippen molar-refractivity contribution in [3.8, 4) is 11.1 Å². The molecular formula is C42H46O4S. The Morgan fingerprint density at radius 2 is 1.21 bits per heavy atom. The highest BCUT2D eigenvalue weighted by Gasteiger charge is 2.43. The minimum absolute atomic E-state index is 0.00600. The normalized spacial score (nSPS) is 13.1. The van der Waals surface area contributed by atoms with E-state index in [0.29, 0.717) is 16.7 Å². The summed E-state index contributed by atoms with van der Waals surface area (Å²) in [5.74, 6) is -1.43. The lowest BCUT2D eigenvalue weighted by molar-refractivity contribution is -0.141. The summed E-state index contributed by atoms with van der Waals surface area (Å²) in [6.07, 6.45) is 6.72. The molecule has 0 bridgehead atoms. The average Bonchev–Trinajstić information content (AvgIpc) is 3.37. The Morgan fingerprint density at radius 3 is 1.79 bits per heavy atom. The fourth-order valence-corrected chi connectivity index (χ4v) is 7.25. The van der Waals surface area contributed by atoms with E-state index in [-0.39, 0.29) is 23.2 Å². The third kappa shape index (κ3) is 7.46. The van der Waals surface area contributed by atoms with Crippen LogP contribution >= 0.6 is 11.8 Å². The van der Waals surface area contributed by atoms with Gasteiger partial charge in [0, 0.05) is 31.9 Å². The van der Waals surface area contributed by atoms with E-state index < -0.39 is 11.8 Å². The molecule has 4 aromatic carbocycles. The molecule has 5 heteroatoms. The van der Waals surface area contributed by atoms with E-state index >= 15 is 0 Å². The third-order valence-corrected chi connectivity index (χ3v) is 10.6. The number of fused-ring (bicyclic) bond motifs is 3. The molecule has 0 N–H and O–H groups in total. The Balaban J connectivity index is 1.49. The number of carbonyl (C=O) groups is 3. The first kappa shape index (κ1) is 34.4. The van der Waals surface area contributed by atoms with Gasteiger partial charge < -0.3 is 4.74 Å². The number of hydrogen-bond donors (Lipinski definition) is 0. The fraction of sp³-hybridized carbons (Fsp3) is 0.357. The van der Waals surface area contributed by atoms with Crippen LogP contribution in [0.4, 0.5) is 0 Å². The van der Waals surface area contributed by atoms with E-state index in [1.807, 2.05) is 81.4 Å². The summed E-state index contributed by atoms with van der Waals surface area (Å²) < 4.78 is 5.47. The van der Waals surface area contributed by atoms with Crippen LogP contribution in [-0.4, -0.2) is 24.1 Å². The van der Waals surface area contributed by atoms with Crippen LogP contribution in [0.15, 0.2) is 101 Å². The van der Waals surface area contributed by atoms with Gasteiger partial charge in [0.1, 0.15) is 0 Å². The van der Waals surface area contributed by atoms with Crippen molar-refractivity contribution < 1.29 is 19.1 Å². The molecule has 47 heavy (non-hydrogen) atoms. The van der Waals surface area contributed by atoms with E-state index in [1.165, 1.54) is 0 Å². The predicted octanol–water partition coefficient (Wildman–Crippen LogP) is 10.9. The number of esters is 1. The molecule has 1 aliphatic carbocycles. The van der Waals surface area contributed by atoms with Crippen molar-refractivity contribution in [2.45, 2.75) is 94.8 Å². The maximum atomic E-state index is 13.9. The summed E-state index contributed by atoms with van der Waals surface area (Å²) in [6, 6.07) is 29.8. The van der Waals surface area contributed by atoms with Crippen LogP contribution in [0.25, 0.3) is 11.1 Å². The molecule has 0 saturated heterocycles. The Kier molecular flexibility index (Phi) is 10.9. The van der Waals surface area contributed by atoms with Crippen LogP contribution in [0, 0.1) is 5.41 Å². The Bertz CT molecular complexity index is 1730. The van der Waals surface area contributed by atoms with Crippen molar-refractivity contribution in [1.82, 2.24) is 0 Å². The lowest BCUT2D eigenvalue weighted by atomic mass is 9.70. The first-order valence-corrected chi connectivity index (χ1v) is 17.8. The van der Waals surface area contributed by atoms with Crippen molar-refractivity contribution >= 4 is 29.3 Å². The number of benzene rings is 4. The number of Topliss-reactive ketones (excluding diaryl/α,β-unsaturated/α-hetero) is 1. The lowest BCUT2D eigenvalue weighted by Gasteiger charge is -2.33. The second kappa shape index (κ2) is 14.9. The number of hydrogen-bond acceptors (Lipinski definition) is 5. The molecule has 0 heterocycles. The van der Waals surface area contributed by atoms with Crippen LogP contribution < -0.4 is 0 Å². The van der Waals surface area contributed by atoms with Gasteiger partial charge in [-0.15, -0.1) is 0 Å². The van der Waals surface area contributed by atoms with Crippen LogP contribution in [0.1, 0.15) is 117 Å². The summed E-state index contributed by atoms with van der Waals surface area (Å²) in [4.78, 5) is 42.4. The highest BCUT2D eigenvalue weighted by molar-refractivity contribution is 7.99. The molecule has 4 nitrogen and oxygen atoms in total. The molecule has 0 aliphatic heterocycles. The molecule has 244 valence electrons. The van der Waals surface area contributed by atoms with Crippen molar-refractivity contribution in [1.29, 1.82) is 0 Å². The van der Waals surface area contributed by atoms with Gasteiger partial charge in [-0.2, -0.15) is 0 Å². The lowest BCUT2D eigenvalue weighted by Crippen LogP contribution is -2.27. The van der Waals surface area contributed by atoms with E-state index in [0.717, 1.165) is 77.0 Å². The Labute approximate surface area is 284 Å². The van der Waals surface area contributed by atoms with E-state index in [1.54, 1.807) is 17.8 Å². The van der Waals surface area contributed by atoms with E-state index in [4.69, 9.17) is 4.74 Å². The summed E-state index contributed by atoms with van der Waals surface area (Å²) >= 11 is 1.67. The van der Waals surface area contributed by atoms with E-state index in [2.05, 4.69) is 38.1 Å². The van der Waals surface area contributed by atoms with Crippen molar-refractivity contribution in [2.75, 3.05) is 6.61 Å². The molecule has 0 radical (unpaired) electrons. The molecule has 5 rings (SSSR count). The molecule has 4 aromatic rings. The van der Waals surface area contributed by atoms with Gasteiger partial charge in [-0.25, -0.2) is 4.79 Å². The largest absolute Gasteiger partial charge is 0.459 e. The molecule has 0 amide bonds. The number of rotatable bonds is 15. The molecule has 0 saturated carbocycles. The Hall–Kier alpha value is -3.96. The van der Waals surface area contributed by atoms with Gasteiger partial charge >= 0.3 is 5.97 Å². The number of ether oxygens (including phenoxy) is 1. The summed E-state index contributed by atoms with van der Waals surface area (Å²) in [5.41, 5.74) is 5.53. The Morgan fingerprint density at radius 1 is 0.681 bits per heavy atom. The molecule has 0 spiro atoms. The van der Waals surface area contributed by atoms with Crippen LogP contribution in [-0.2, 0) is 14.9 Å². The SMILES string of the molecule is CCCCC1(CCCC)c2cc(C(=O)C(=O)OCC(C)(C)CC)ccc2-c2ccc(C(=O)c3ccc(Sc4ccccc4)cc3)cc21. The van der Waals surface area contributed by atoms with Gasteiger partial charge in [-0.3, -0.25) is 9.59 Å². The quantitative estimate of drug-likeness (QED) is 0.0731.